The van der Waals surface area contributed by atoms with Crippen LogP contribution in [0.2, 0.25) is 0 Å². The fourth-order valence-corrected chi connectivity index (χ4v) is 2.86. The fraction of sp³-hybridized carbons (Fsp3) is 0.0417. The Morgan fingerprint density at radius 3 is 2.52 bits per heavy atom. The van der Waals surface area contributed by atoms with Gasteiger partial charge in [-0.3, -0.25) is 4.79 Å². The lowest BCUT2D eigenvalue weighted by Crippen LogP contribution is -2.11. The van der Waals surface area contributed by atoms with Crippen LogP contribution in [0.15, 0.2) is 85.1 Å². The number of amides is 1. The number of hydrogen-bond acceptors (Lipinski definition) is 5. The molecule has 0 saturated carbocycles. The molecule has 4 aromatic rings. The largest absolute Gasteiger partial charge is 0.497 e. The Morgan fingerprint density at radius 1 is 0.935 bits per heavy atom. The normalized spacial score (nSPS) is 10.4. The number of nitrogens with one attached hydrogen (secondary N) is 1. The maximum atomic E-state index is 13.1. The zero-order valence-electron chi connectivity index (χ0n) is 16.6. The van der Waals surface area contributed by atoms with Gasteiger partial charge in [-0.05, 0) is 54.6 Å². The van der Waals surface area contributed by atoms with Crippen LogP contribution < -0.4 is 14.8 Å². The van der Waals surface area contributed by atoms with E-state index in [0.717, 1.165) is 0 Å². The summed E-state index contributed by atoms with van der Waals surface area (Å²) in [7, 11) is 1.57. The van der Waals surface area contributed by atoms with Gasteiger partial charge in [0, 0.05) is 35.1 Å². The van der Waals surface area contributed by atoms with Crippen LogP contribution in [-0.4, -0.2) is 23.0 Å². The number of ether oxygens (including phenoxy) is 2. The van der Waals surface area contributed by atoms with E-state index in [1.54, 1.807) is 80.0 Å². The molecule has 0 radical (unpaired) electrons. The second-order valence-corrected chi connectivity index (χ2v) is 6.54. The summed E-state index contributed by atoms with van der Waals surface area (Å²) in [6.45, 7) is 0. The highest BCUT2D eigenvalue weighted by Crippen LogP contribution is 2.24. The van der Waals surface area contributed by atoms with Crippen molar-refractivity contribution in [3.8, 4) is 28.8 Å². The van der Waals surface area contributed by atoms with Crippen molar-refractivity contribution in [2.75, 3.05) is 12.4 Å². The Hall–Kier alpha value is -4.26. The molecule has 0 aliphatic carbocycles. The number of methoxy groups -OCH3 is 1. The van der Waals surface area contributed by atoms with E-state index in [0.29, 0.717) is 40.0 Å². The van der Waals surface area contributed by atoms with Crippen molar-refractivity contribution in [3.63, 3.8) is 0 Å². The van der Waals surface area contributed by atoms with Gasteiger partial charge in [-0.25, -0.2) is 9.37 Å². The van der Waals surface area contributed by atoms with Gasteiger partial charge in [0.2, 0.25) is 5.88 Å². The summed E-state index contributed by atoms with van der Waals surface area (Å²) in [5.41, 5.74) is 1.71. The lowest BCUT2D eigenvalue weighted by Gasteiger charge is -2.09. The third-order valence-electron chi connectivity index (χ3n) is 4.38. The second-order valence-electron chi connectivity index (χ2n) is 6.54. The quantitative estimate of drug-likeness (QED) is 0.460. The number of anilines is 1. The fourth-order valence-electron chi connectivity index (χ4n) is 2.86. The predicted molar refractivity (Wildman–Crippen MR) is 115 cm³/mol. The molecular formula is C24H18FN3O3. The Balaban J connectivity index is 1.50. The molecule has 0 spiro atoms. The number of carbonyl (C=O) groups is 1. The van der Waals surface area contributed by atoms with Crippen LogP contribution in [-0.2, 0) is 0 Å². The minimum absolute atomic E-state index is 0.284. The highest BCUT2D eigenvalue weighted by atomic mass is 19.1. The summed E-state index contributed by atoms with van der Waals surface area (Å²) >= 11 is 0. The maximum absolute atomic E-state index is 13.1. The maximum Gasteiger partial charge on any atom is 0.255 e. The van der Waals surface area contributed by atoms with Crippen molar-refractivity contribution >= 4 is 11.6 Å². The van der Waals surface area contributed by atoms with Crippen LogP contribution >= 0.6 is 0 Å². The molecule has 0 unspecified atom stereocenters. The van der Waals surface area contributed by atoms with Crippen LogP contribution in [0.4, 0.5) is 10.1 Å². The highest BCUT2D eigenvalue weighted by molar-refractivity contribution is 6.04. The van der Waals surface area contributed by atoms with Crippen molar-refractivity contribution in [1.82, 2.24) is 9.97 Å². The van der Waals surface area contributed by atoms with Crippen molar-refractivity contribution < 1.29 is 18.7 Å². The topological polar surface area (TPSA) is 73.3 Å². The molecule has 1 N–H and O–H groups in total. The number of carbonyl (C=O) groups excluding carboxylic acids is 1. The SMILES string of the molecule is COc1cccc(NC(=O)c2cccc(Oc3ccnc(-c4ccc(F)cc4)n3)c2)c1. The summed E-state index contributed by atoms with van der Waals surface area (Å²) in [5, 5.41) is 2.83. The van der Waals surface area contributed by atoms with E-state index < -0.39 is 0 Å². The number of benzene rings is 3. The van der Waals surface area contributed by atoms with E-state index in [1.165, 1.54) is 12.1 Å². The van der Waals surface area contributed by atoms with Gasteiger partial charge in [-0.2, -0.15) is 4.98 Å². The summed E-state index contributed by atoms with van der Waals surface area (Å²) in [6, 6.07) is 21.3. The molecule has 1 aromatic heterocycles. The van der Waals surface area contributed by atoms with E-state index in [-0.39, 0.29) is 11.7 Å². The van der Waals surface area contributed by atoms with Crippen LogP contribution in [0.25, 0.3) is 11.4 Å². The molecule has 0 atom stereocenters. The Bertz CT molecular complexity index is 1210. The van der Waals surface area contributed by atoms with Crippen LogP contribution in [0.1, 0.15) is 10.4 Å². The average molecular weight is 415 g/mol. The number of aromatic nitrogens is 2. The molecule has 0 bridgehead atoms. The van der Waals surface area contributed by atoms with Crippen molar-refractivity contribution in [1.29, 1.82) is 0 Å². The molecule has 0 fully saturated rings. The first-order valence-corrected chi connectivity index (χ1v) is 9.43. The van der Waals surface area contributed by atoms with E-state index in [9.17, 15) is 9.18 Å². The summed E-state index contributed by atoms with van der Waals surface area (Å²) in [6.07, 6.45) is 1.56. The number of halogens is 1. The zero-order valence-corrected chi connectivity index (χ0v) is 16.6. The van der Waals surface area contributed by atoms with E-state index in [4.69, 9.17) is 9.47 Å². The molecule has 6 nitrogen and oxygen atoms in total. The summed E-state index contributed by atoms with van der Waals surface area (Å²) < 4.78 is 24.1. The van der Waals surface area contributed by atoms with E-state index >= 15 is 0 Å². The first-order chi connectivity index (χ1) is 15.1. The van der Waals surface area contributed by atoms with Gasteiger partial charge >= 0.3 is 0 Å². The standard InChI is InChI=1S/C24H18FN3O3/c1-30-20-6-3-5-19(15-20)27-24(29)17-4-2-7-21(14-17)31-22-12-13-26-23(28-22)16-8-10-18(25)11-9-16/h2-15H,1H3,(H,27,29). The first-order valence-electron chi connectivity index (χ1n) is 9.43. The third-order valence-corrected chi connectivity index (χ3v) is 4.38. The molecule has 1 heterocycles. The molecular weight excluding hydrogens is 397 g/mol. The van der Waals surface area contributed by atoms with E-state index in [2.05, 4.69) is 15.3 Å². The van der Waals surface area contributed by atoms with E-state index in [1.807, 2.05) is 0 Å². The Labute approximate surface area is 178 Å². The summed E-state index contributed by atoms with van der Waals surface area (Å²) in [5.74, 6) is 1.19. The van der Waals surface area contributed by atoms with Gasteiger partial charge in [0.1, 0.15) is 17.3 Å². The second kappa shape index (κ2) is 9.04. The molecule has 31 heavy (non-hydrogen) atoms. The molecule has 4 rings (SSSR count). The number of hydrogen-bond donors (Lipinski definition) is 1. The average Bonchev–Trinajstić information content (AvgIpc) is 2.80. The lowest BCUT2D eigenvalue weighted by atomic mass is 10.2. The zero-order chi connectivity index (χ0) is 21.6. The predicted octanol–water partition coefficient (Wildman–Crippen LogP) is 5.34. The van der Waals surface area contributed by atoms with Crippen molar-refractivity contribution in [3.05, 3.63) is 96.4 Å². The van der Waals surface area contributed by atoms with Gasteiger partial charge in [-0.1, -0.05) is 12.1 Å². The van der Waals surface area contributed by atoms with Crippen molar-refractivity contribution in [2.45, 2.75) is 0 Å². The minimum atomic E-state index is -0.333. The van der Waals surface area contributed by atoms with Gasteiger partial charge in [0.15, 0.2) is 5.82 Å². The third kappa shape index (κ3) is 5.02. The van der Waals surface area contributed by atoms with Crippen LogP contribution in [0, 0.1) is 5.82 Å². The molecule has 3 aromatic carbocycles. The van der Waals surface area contributed by atoms with Gasteiger partial charge in [-0.15, -0.1) is 0 Å². The lowest BCUT2D eigenvalue weighted by molar-refractivity contribution is 0.102. The first kappa shape index (κ1) is 20.0. The molecule has 0 aliphatic heterocycles. The molecule has 1 amide bonds. The number of nitrogens with zero attached hydrogens (tertiary/aromatic N) is 2. The monoisotopic (exact) mass is 415 g/mol. The van der Waals surface area contributed by atoms with Gasteiger partial charge in [0.25, 0.3) is 5.91 Å². The summed E-state index contributed by atoms with van der Waals surface area (Å²) in [4.78, 5) is 21.2. The van der Waals surface area contributed by atoms with Crippen LogP contribution in [0.5, 0.6) is 17.4 Å². The molecule has 0 aliphatic rings. The molecule has 7 heteroatoms. The Kier molecular flexibility index (Phi) is 5.84. The van der Waals surface area contributed by atoms with Gasteiger partial charge < -0.3 is 14.8 Å². The smallest absolute Gasteiger partial charge is 0.255 e. The van der Waals surface area contributed by atoms with Gasteiger partial charge in [0.05, 0.1) is 7.11 Å². The van der Waals surface area contributed by atoms with Crippen molar-refractivity contribution in [2.24, 2.45) is 0 Å². The Morgan fingerprint density at radius 2 is 1.71 bits per heavy atom. The minimum Gasteiger partial charge on any atom is -0.497 e. The highest BCUT2D eigenvalue weighted by Gasteiger charge is 2.10. The molecule has 0 saturated heterocycles. The van der Waals surface area contributed by atoms with Crippen LogP contribution in [0.3, 0.4) is 0 Å². The number of rotatable bonds is 6. The molecule has 154 valence electrons.